The molecule has 0 aromatic rings. The van der Waals surface area contributed by atoms with E-state index in [9.17, 15) is 10.5 Å². The molecule has 0 aromatic carbocycles. The lowest BCUT2D eigenvalue weighted by molar-refractivity contribution is 0.105. The zero-order valence-corrected chi connectivity index (χ0v) is 9.34. The van der Waals surface area contributed by atoms with Gasteiger partial charge in [0.1, 0.15) is 0 Å². The van der Waals surface area contributed by atoms with Gasteiger partial charge in [-0.3, -0.25) is 0 Å². The first-order valence-corrected chi connectivity index (χ1v) is 6.62. The van der Waals surface area contributed by atoms with Gasteiger partial charge < -0.3 is 0 Å². The number of fused-ring (bicyclic) bond motifs is 9. The summed E-state index contributed by atoms with van der Waals surface area (Å²) >= 11 is 0. The number of hydrogen-bond donors (Lipinski definition) is 0. The van der Waals surface area contributed by atoms with Gasteiger partial charge in [-0.05, 0) is 61.2 Å². The predicted octanol–water partition coefficient (Wildman–Crippen LogP) is 2.58. The van der Waals surface area contributed by atoms with Gasteiger partial charge in [0, 0.05) is 11.8 Å². The maximum atomic E-state index is 9.17. The van der Waals surface area contributed by atoms with Gasteiger partial charge in [0.2, 0.25) is 0 Å². The maximum Gasteiger partial charge on any atom is 0.0658 e. The molecule has 0 aliphatic heterocycles. The van der Waals surface area contributed by atoms with Crippen molar-refractivity contribution in [2.24, 2.45) is 47.3 Å². The van der Waals surface area contributed by atoms with Gasteiger partial charge in [0.15, 0.2) is 0 Å². The molecule has 0 heterocycles. The van der Waals surface area contributed by atoms with Crippen molar-refractivity contribution in [2.45, 2.75) is 25.7 Å². The molecule has 0 radical (unpaired) electrons. The molecule has 4 bridgehead atoms. The molecule has 2 nitrogen and oxygen atoms in total. The summed E-state index contributed by atoms with van der Waals surface area (Å²) in [7, 11) is 0. The second kappa shape index (κ2) is 2.80. The number of hydrogen-bond acceptors (Lipinski definition) is 2. The van der Waals surface area contributed by atoms with Crippen LogP contribution in [0.1, 0.15) is 25.7 Å². The van der Waals surface area contributed by atoms with E-state index in [1.54, 1.807) is 0 Å². The van der Waals surface area contributed by atoms with Crippen molar-refractivity contribution in [3.8, 4) is 12.1 Å². The van der Waals surface area contributed by atoms with E-state index in [2.05, 4.69) is 12.1 Å². The normalized spacial score (nSPS) is 60.6. The lowest BCUT2D eigenvalue weighted by Gasteiger charge is -2.38. The first kappa shape index (κ1) is 9.06. The second-order valence-corrected chi connectivity index (χ2v) is 6.42. The van der Waals surface area contributed by atoms with Crippen LogP contribution < -0.4 is 0 Å². The summed E-state index contributed by atoms with van der Waals surface area (Å²) in [6.45, 7) is 0. The molecule has 4 aliphatic rings. The van der Waals surface area contributed by atoms with Crippen LogP contribution in [-0.4, -0.2) is 0 Å². The maximum absolute atomic E-state index is 9.17. The Morgan fingerprint density at radius 2 is 1.12 bits per heavy atom. The van der Waals surface area contributed by atoms with Gasteiger partial charge in [0.25, 0.3) is 0 Å². The molecule has 0 N–H and O–H groups in total. The molecule has 5 unspecified atom stereocenters. The standard InChI is InChI=1S/C14H16N2/c15-5-9-1-7-3-11(9)14-8-2-10(6-16)12(4-8)13(7)14/h7-14H,1-4H2/t7-,8?,9?,10?,11-,12-,13?,14?/m0/s1. The van der Waals surface area contributed by atoms with Gasteiger partial charge in [-0.1, -0.05) is 0 Å². The summed E-state index contributed by atoms with van der Waals surface area (Å²) in [5, 5.41) is 18.3. The van der Waals surface area contributed by atoms with Crippen molar-refractivity contribution < 1.29 is 0 Å². The lowest BCUT2D eigenvalue weighted by atomic mass is 9.65. The van der Waals surface area contributed by atoms with E-state index in [-0.39, 0.29) is 0 Å². The highest BCUT2D eigenvalue weighted by Gasteiger charge is 2.64. The van der Waals surface area contributed by atoms with Crippen molar-refractivity contribution in [3.63, 3.8) is 0 Å². The number of nitrogens with zero attached hydrogens (tertiary/aromatic N) is 2. The Morgan fingerprint density at radius 1 is 0.688 bits per heavy atom. The Labute approximate surface area is 96.2 Å². The lowest BCUT2D eigenvalue weighted by Crippen LogP contribution is -2.35. The molecular formula is C14H16N2. The van der Waals surface area contributed by atoms with Crippen molar-refractivity contribution in [3.05, 3.63) is 0 Å². The van der Waals surface area contributed by atoms with Crippen LogP contribution in [0.3, 0.4) is 0 Å². The van der Waals surface area contributed by atoms with E-state index in [0.717, 1.165) is 36.5 Å². The minimum Gasteiger partial charge on any atom is -0.198 e. The molecule has 16 heavy (non-hydrogen) atoms. The van der Waals surface area contributed by atoms with Crippen LogP contribution in [0.15, 0.2) is 0 Å². The minimum atomic E-state index is 0.353. The van der Waals surface area contributed by atoms with E-state index < -0.39 is 0 Å². The summed E-state index contributed by atoms with van der Waals surface area (Å²) in [5.41, 5.74) is 0. The van der Waals surface area contributed by atoms with Crippen LogP contribution >= 0.6 is 0 Å². The number of rotatable bonds is 0. The third-order valence-corrected chi connectivity index (χ3v) is 6.15. The van der Waals surface area contributed by atoms with Gasteiger partial charge in [-0.25, -0.2) is 0 Å². The highest BCUT2D eigenvalue weighted by molar-refractivity contribution is 5.17. The SMILES string of the molecule is N#CC1C[C@H]2C[C@@H]1C1C3CC(C#N)[C@H](C3)C12. The van der Waals surface area contributed by atoms with E-state index in [1.807, 2.05) is 0 Å². The molecule has 4 aliphatic carbocycles. The third-order valence-electron chi connectivity index (χ3n) is 6.15. The average Bonchev–Trinajstić information content (AvgIpc) is 3.03. The van der Waals surface area contributed by atoms with Crippen molar-refractivity contribution >= 4 is 0 Å². The zero-order valence-electron chi connectivity index (χ0n) is 9.34. The van der Waals surface area contributed by atoms with E-state index in [1.165, 1.54) is 12.8 Å². The van der Waals surface area contributed by atoms with E-state index >= 15 is 0 Å². The highest BCUT2D eigenvalue weighted by atomic mass is 14.7. The molecule has 0 amide bonds. The summed E-state index contributed by atoms with van der Waals surface area (Å²) in [4.78, 5) is 0. The Kier molecular flexibility index (Phi) is 1.59. The summed E-state index contributed by atoms with van der Waals surface area (Å²) in [5.74, 6) is 5.37. The van der Waals surface area contributed by atoms with Gasteiger partial charge in [-0.15, -0.1) is 0 Å². The third kappa shape index (κ3) is 0.844. The smallest absolute Gasteiger partial charge is 0.0658 e. The highest BCUT2D eigenvalue weighted by Crippen LogP contribution is 2.69. The molecule has 4 rings (SSSR count). The molecule has 8 atom stereocenters. The van der Waals surface area contributed by atoms with Crippen LogP contribution in [0.25, 0.3) is 0 Å². The first-order chi connectivity index (χ1) is 7.83. The molecule has 4 fully saturated rings. The summed E-state index contributed by atoms with van der Waals surface area (Å²) in [6.07, 6.45) is 4.89. The zero-order chi connectivity index (χ0) is 10.9. The topological polar surface area (TPSA) is 47.6 Å². The van der Waals surface area contributed by atoms with Gasteiger partial charge in [-0.2, -0.15) is 10.5 Å². The van der Waals surface area contributed by atoms with Crippen LogP contribution in [-0.2, 0) is 0 Å². The molecule has 0 spiro atoms. The predicted molar refractivity (Wildman–Crippen MR) is 57.6 cm³/mol. The Balaban J connectivity index is 1.68. The Hall–Kier alpha value is -1.02. The molecular weight excluding hydrogens is 196 g/mol. The van der Waals surface area contributed by atoms with Crippen LogP contribution in [0, 0.1) is 70.0 Å². The summed E-state index contributed by atoms with van der Waals surface area (Å²) < 4.78 is 0. The molecule has 82 valence electrons. The first-order valence-electron chi connectivity index (χ1n) is 6.62. The molecule has 0 aromatic heterocycles. The average molecular weight is 212 g/mol. The molecule has 2 heteroatoms. The van der Waals surface area contributed by atoms with Crippen LogP contribution in [0.4, 0.5) is 0 Å². The molecule has 0 saturated heterocycles. The van der Waals surface area contributed by atoms with Crippen LogP contribution in [0.2, 0.25) is 0 Å². The fourth-order valence-corrected chi connectivity index (χ4v) is 5.90. The largest absolute Gasteiger partial charge is 0.198 e. The van der Waals surface area contributed by atoms with Crippen molar-refractivity contribution in [1.82, 2.24) is 0 Å². The fourth-order valence-electron chi connectivity index (χ4n) is 5.90. The van der Waals surface area contributed by atoms with Gasteiger partial charge in [0.05, 0.1) is 12.1 Å². The van der Waals surface area contributed by atoms with Gasteiger partial charge >= 0.3 is 0 Å². The monoisotopic (exact) mass is 212 g/mol. The van der Waals surface area contributed by atoms with E-state index in [4.69, 9.17) is 0 Å². The quantitative estimate of drug-likeness (QED) is 0.579. The Morgan fingerprint density at radius 3 is 1.50 bits per heavy atom. The fraction of sp³-hybridized carbons (Fsp3) is 0.857. The van der Waals surface area contributed by atoms with Crippen molar-refractivity contribution in [2.75, 3.05) is 0 Å². The Bertz CT molecular complexity index is 375. The second-order valence-electron chi connectivity index (χ2n) is 6.42. The minimum absolute atomic E-state index is 0.353. The van der Waals surface area contributed by atoms with Crippen molar-refractivity contribution in [1.29, 1.82) is 10.5 Å². The molecule has 4 saturated carbocycles. The number of nitriles is 2. The van der Waals surface area contributed by atoms with Crippen LogP contribution in [0.5, 0.6) is 0 Å². The van der Waals surface area contributed by atoms with E-state index in [0.29, 0.717) is 23.7 Å². The summed E-state index contributed by atoms with van der Waals surface area (Å²) in [6, 6.07) is 5.06.